The van der Waals surface area contributed by atoms with Crippen molar-refractivity contribution in [3.8, 4) is 5.75 Å². The third-order valence-electron chi connectivity index (χ3n) is 3.62. The van der Waals surface area contributed by atoms with Crippen LogP contribution in [0.25, 0.3) is 0 Å². The van der Waals surface area contributed by atoms with Crippen LogP contribution < -0.4 is 15.4 Å². The molecule has 0 aliphatic rings. The van der Waals surface area contributed by atoms with Crippen molar-refractivity contribution in [2.24, 2.45) is 0 Å². The number of hydrogen-bond acceptors (Lipinski definition) is 3. The highest BCUT2D eigenvalue weighted by Gasteiger charge is 2.31. The molecule has 0 radical (unpaired) electrons. The molecule has 2 rings (SSSR count). The van der Waals surface area contributed by atoms with Crippen LogP contribution in [0, 0.1) is 0 Å². The fourth-order valence-corrected chi connectivity index (χ4v) is 2.41. The maximum Gasteiger partial charge on any atom is 0.573 e. The quantitative estimate of drug-likeness (QED) is 0.741. The highest BCUT2D eigenvalue weighted by Crippen LogP contribution is 2.24. The van der Waals surface area contributed by atoms with Gasteiger partial charge in [0.2, 0.25) is 5.91 Å². The molecule has 2 aromatic carbocycles. The van der Waals surface area contributed by atoms with Crippen molar-refractivity contribution in [2.75, 3.05) is 5.32 Å². The Kier molecular flexibility index (Phi) is 6.50. The molecule has 1 amide bonds. The minimum atomic E-state index is -4.75. The molecule has 2 aromatic rings. The number of rotatable bonds is 6. The zero-order valence-corrected chi connectivity index (χ0v) is 14.9. The van der Waals surface area contributed by atoms with Crippen molar-refractivity contribution in [3.05, 3.63) is 59.1 Å². The van der Waals surface area contributed by atoms with Crippen molar-refractivity contribution < 1.29 is 22.7 Å². The Labute approximate surface area is 154 Å². The number of benzene rings is 2. The van der Waals surface area contributed by atoms with E-state index in [1.165, 1.54) is 12.1 Å². The van der Waals surface area contributed by atoms with Gasteiger partial charge in [-0.15, -0.1) is 13.2 Å². The fraction of sp³-hybridized carbons (Fsp3) is 0.278. The van der Waals surface area contributed by atoms with E-state index in [0.29, 0.717) is 10.7 Å². The summed E-state index contributed by atoms with van der Waals surface area (Å²) in [5.41, 5.74) is 1.35. The Morgan fingerprint density at radius 1 is 1.04 bits per heavy atom. The Hall–Kier alpha value is -2.25. The van der Waals surface area contributed by atoms with E-state index in [4.69, 9.17) is 11.6 Å². The third-order valence-corrected chi connectivity index (χ3v) is 3.87. The third kappa shape index (κ3) is 6.24. The van der Waals surface area contributed by atoms with E-state index in [-0.39, 0.29) is 17.7 Å². The summed E-state index contributed by atoms with van der Waals surface area (Å²) in [5, 5.41) is 6.42. The van der Waals surface area contributed by atoms with Gasteiger partial charge < -0.3 is 10.1 Å². The molecule has 0 saturated carbocycles. The summed E-state index contributed by atoms with van der Waals surface area (Å²) in [6, 6.07) is 11.6. The number of anilines is 1. The molecule has 140 valence electrons. The number of halogens is 4. The average molecular weight is 387 g/mol. The van der Waals surface area contributed by atoms with Crippen LogP contribution in [0.1, 0.15) is 25.5 Å². The summed E-state index contributed by atoms with van der Waals surface area (Å²) in [5.74, 6) is -0.659. The first-order chi connectivity index (χ1) is 12.1. The minimum Gasteiger partial charge on any atom is -0.406 e. The Morgan fingerprint density at radius 3 is 2.15 bits per heavy atom. The maximum absolute atomic E-state index is 12.2. The predicted octanol–water partition coefficient (Wildman–Crippen LogP) is 4.92. The first kappa shape index (κ1) is 20.1. The first-order valence-corrected chi connectivity index (χ1v) is 8.20. The molecule has 2 N–H and O–H groups in total. The van der Waals surface area contributed by atoms with Gasteiger partial charge in [-0.1, -0.05) is 23.7 Å². The van der Waals surface area contributed by atoms with Gasteiger partial charge in [0.05, 0.1) is 6.04 Å². The van der Waals surface area contributed by atoms with Crippen LogP contribution in [-0.2, 0) is 4.79 Å². The predicted molar refractivity (Wildman–Crippen MR) is 94.2 cm³/mol. The molecule has 0 unspecified atom stereocenters. The van der Waals surface area contributed by atoms with Gasteiger partial charge in [0.1, 0.15) is 5.75 Å². The zero-order valence-electron chi connectivity index (χ0n) is 14.1. The van der Waals surface area contributed by atoms with E-state index in [1.54, 1.807) is 19.1 Å². The van der Waals surface area contributed by atoms with Gasteiger partial charge in [0, 0.05) is 16.8 Å². The highest BCUT2D eigenvalue weighted by molar-refractivity contribution is 6.30. The van der Waals surface area contributed by atoms with Crippen LogP contribution in [0.3, 0.4) is 0 Å². The largest absolute Gasteiger partial charge is 0.573 e. The molecular weight excluding hydrogens is 369 g/mol. The summed E-state index contributed by atoms with van der Waals surface area (Å²) in [4.78, 5) is 12.2. The lowest BCUT2D eigenvalue weighted by Gasteiger charge is -2.20. The van der Waals surface area contributed by atoms with Crippen LogP contribution in [0.5, 0.6) is 5.75 Å². The van der Waals surface area contributed by atoms with Crippen molar-refractivity contribution in [1.82, 2.24) is 5.32 Å². The molecular formula is C18H18ClF3N2O2. The summed E-state index contributed by atoms with van der Waals surface area (Å²) in [6.07, 6.45) is -4.75. The normalized spacial score (nSPS) is 13.8. The number of hydrogen-bond donors (Lipinski definition) is 2. The smallest absolute Gasteiger partial charge is 0.406 e. The maximum atomic E-state index is 12.2. The van der Waals surface area contributed by atoms with Crippen molar-refractivity contribution in [3.63, 3.8) is 0 Å². The summed E-state index contributed by atoms with van der Waals surface area (Å²) in [6.45, 7) is 3.61. The second-order valence-electron chi connectivity index (χ2n) is 5.72. The lowest BCUT2D eigenvalue weighted by Crippen LogP contribution is -2.39. The molecule has 0 bridgehead atoms. The van der Waals surface area contributed by atoms with Crippen molar-refractivity contribution in [1.29, 1.82) is 0 Å². The summed E-state index contributed by atoms with van der Waals surface area (Å²) < 4.78 is 40.2. The van der Waals surface area contributed by atoms with Crippen molar-refractivity contribution >= 4 is 23.2 Å². The van der Waals surface area contributed by atoms with E-state index >= 15 is 0 Å². The number of amides is 1. The molecule has 0 aromatic heterocycles. The molecule has 8 heteroatoms. The van der Waals surface area contributed by atoms with Crippen LogP contribution >= 0.6 is 11.6 Å². The lowest BCUT2D eigenvalue weighted by molar-refractivity contribution is -0.274. The van der Waals surface area contributed by atoms with Crippen LogP contribution in [0.2, 0.25) is 5.02 Å². The van der Waals surface area contributed by atoms with Crippen molar-refractivity contribution in [2.45, 2.75) is 32.3 Å². The van der Waals surface area contributed by atoms with E-state index < -0.39 is 12.4 Å². The van der Waals surface area contributed by atoms with Gasteiger partial charge in [-0.25, -0.2) is 0 Å². The lowest BCUT2D eigenvalue weighted by atomic mass is 10.1. The molecule has 2 atom stereocenters. The van der Waals surface area contributed by atoms with Gasteiger partial charge in [-0.05, 0) is 55.8 Å². The average Bonchev–Trinajstić information content (AvgIpc) is 2.55. The van der Waals surface area contributed by atoms with Gasteiger partial charge in [-0.3, -0.25) is 10.1 Å². The van der Waals surface area contributed by atoms with Crippen LogP contribution in [0.4, 0.5) is 18.9 Å². The molecule has 4 nitrogen and oxygen atoms in total. The Bertz CT molecular complexity index is 734. The number of carbonyl (C=O) groups excluding carboxylic acids is 1. The topological polar surface area (TPSA) is 50.4 Å². The minimum absolute atomic E-state index is 0.0874. The van der Waals surface area contributed by atoms with Gasteiger partial charge in [0.25, 0.3) is 0 Å². The summed E-state index contributed by atoms with van der Waals surface area (Å²) in [7, 11) is 0. The van der Waals surface area contributed by atoms with Gasteiger partial charge in [0.15, 0.2) is 0 Å². The standard InChI is InChI=1S/C18H18ClF3N2O2/c1-11(13-3-5-14(19)6-4-13)23-12(2)17(25)24-15-7-9-16(10-8-15)26-18(20,21)22/h3-12,23H,1-2H3,(H,24,25)/t11-,12-/m0/s1. The number of ether oxygens (including phenoxy) is 1. The molecule has 0 saturated heterocycles. The number of carbonyl (C=O) groups is 1. The van der Waals surface area contributed by atoms with E-state index in [9.17, 15) is 18.0 Å². The van der Waals surface area contributed by atoms with Crippen LogP contribution in [-0.4, -0.2) is 18.3 Å². The SMILES string of the molecule is C[C@H](N[C@@H](C)c1ccc(Cl)cc1)C(=O)Nc1ccc(OC(F)(F)F)cc1. The molecule has 0 fully saturated rings. The zero-order chi connectivity index (χ0) is 19.3. The van der Waals surface area contributed by atoms with Crippen LogP contribution in [0.15, 0.2) is 48.5 Å². The molecule has 0 spiro atoms. The molecule has 0 heterocycles. The monoisotopic (exact) mass is 386 g/mol. The van der Waals surface area contributed by atoms with Gasteiger partial charge in [-0.2, -0.15) is 0 Å². The molecule has 26 heavy (non-hydrogen) atoms. The second-order valence-corrected chi connectivity index (χ2v) is 6.16. The van der Waals surface area contributed by atoms with E-state index in [2.05, 4.69) is 15.4 Å². The summed E-state index contributed by atoms with van der Waals surface area (Å²) >= 11 is 5.85. The Morgan fingerprint density at radius 2 is 1.62 bits per heavy atom. The fourth-order valence-electron chi connectivity index (χ4n) is 2.29. The number of alkyl halides is 3. The second kappa shape index (κ2) is 8.42. The number of nitrogens with one attached hydrogen (secondary N) is 2. The highest BCUT2D eigenvalue weighted by atomic mass is 35.5. The molecule has 0 aliphatic carbocycles. The van der Waals surface area contributed by atoms with E-state index in [0.717, 1.165) is 17.7 Å². The van der Waals surface area contributed by atoms with Gasteiger partial charge >= 0.3 is 6.36 Å². The first-order valence-electron chi connectivity index (χ1n) is 7.82. The Balaban J connectivity index is 1.91. The van der Waals surface area contributed by atoms with E-state index in [1.807, 2.05) is 19.1 Å². The molecule has 0 aliphatic heterocycles.